The Morgan fingerprint density at radius 2 is 1.72 bits per heavy atom. The van der Waals surface area contributed by atoms with Crippen LogP contribution in [-0.2, 0) is 22.5 Å². The van der Waals surface area contributed by atoms with Crippen molar-refractivity contribution in [2.24, 2.45) is 0 Å². The van der Waals surface area contributed by atoms with Gasteiger partial charge in [0.2, 0.25) is 12.7 Å². The summed E-state index contributed by atoms with van der Waals surface area (Å²) in [5.74, 6) is 1.99. The molecule has 3 aromatic rings. The maximum Gasteiger partial charge on any atom is 0.254 e. The van der Waals surface area contributed by atoms with Gasteiger partial charge in [-0.15, -0.1) is 11.3 Å². The third-order valence-electron chi connectivity index (χ3n) is 6.57. The van der Waals surface area contributed by atoms with Gasteiger partial charge < -0.3 is 33.5 Å². The van der Waals surface area contributed by atoms with Gasteiger partial charge in [0.25, 0.3) is 5.91 Å². The van der Waals surface area contributed by atoms with Crippen molar-refractivity contribution < 1.29 is 33.3 Å². The molecule has 2 heterocycles. The lowest BCUT2D eigenvalue weighted by atomic mass is 10.1. The summed E-state index contributed by atoms with van der Waals surface area (Å²) >= 11 is 1.62. The van der Waals surface area contributed by atoms with Gasteiger partial charge in [0.05, 0.1) is 27.4 Å². The third-order valence-corrected chi connectivity index (χ3v) is 7.58. The summed E-state index contributed by atoms with van der Waals surface area (Å²) in [5, 5.41) is 2.02. The van der Waals surface area contributed by atoms with Gasteiger partial charge in [-0.1, -0.05) is 6.07 Å². The highest BCUT2D eigenvalue weighted by molar-refractivity contribution is 7.10. The van der Waals surface area contributed by atoms with E-state index >= 15 is 0 Å². The van der Waals surface area contributed by atoms with Crippen molar-refractivity contribution in [1.29, 1.82) is 0 Å². The summed E-state index contributed by atoms with van der Waals surface area (Å²) in [6, 6.07) is 12.8. The van der Waals surface area contributed by atoms with Crippen LogP contribution < -0.4 is 18.9 Å². The van der Waals surface area contributed by atoms with Gasteiger partial charge in [0.15, 0.2) is 23.0 Å². The Kier molecular flexibility index (Phi) is 9.67. The Morgan fingerprint density at radius 3 is 2.44 bits per heavy atom. The zero-order valence-electron chi connectivity index (χ0n) is 22.7. The minimum atomic E-state index is -0.272. The van der Waals surface area contributed by atoms with E-state index < -0.39 is 0 Å². The molecule has 4 rings (SSSR count). The largest absolute Gasteiger partial charge is 0.493 e. The van der Waals surface area contributed by atoms with E-state index in [1.54, 1.807) is 50.9 Å². The molecule has 1 aromatic heterocycles. The van der Waals surface area contributed by atoms with Crippen LogP contribution in [-0.4, -0.2) is 76.0 Å². The Labute approximate surface area is 232 Å². The van der Waals surface area contributed by atoms with Crippen molar-refractivity contribution in [1.82, 2.24) is 9.80 Å². The minimum absolute atomic E-state index is 0.0764. The summed E-state index contributed by atoms with van der Waals surface area (Å²) in [7, 11) is 4.77. The average Bonchev–Trinajstić information content (AvgIpc) is 3.60. The van der Waals surface area contributed by atoms with Crippen LogP contribution in [0, 0.1) is 6.92 Å². The fourth-order valence-corrected chi connectivity index (χ4v) is 5.18. The molecule has 0 N–H and O–H groups in total. The molecule has 0 atom stereocenters. The number of hydrogen-bond donors (Lipinski definition) is 0. The standard InChI is InChI=1S/C29H34N2O7S/c1-20-10-14-39-27(20)17-30(11-9-21-5-7-23(35-3)25(15-21)36-4)28(32)18-31(12-13-34-2)29(33)22-6-8-24-26(16-22)38-19-37-24/h5-8,10,14-16H,9,11-13,17-19H2,1-4H3. The van der Waals surface area contributed by atoms with E-state index in [1.165, 1.54) is 4.90 Å². The highest BCUT2D eigenvalue weighted by Crippen LogP contribution is 2.33. The second-order valence-corrected chi connectivity index (χ2v) is 10.1. The van der Waals surface area contributed by atoms with Crippen molar-refractivity contribution in [3.05, 3.63) is 69.4 Å². The Balaban J connectivity index is 1.52. The molecule has 2 aromatic carbocycles. The number of hydrogen-bond acceptors (Lipinski definition) is 8. The van der Waals surface area contributed by atoms with E-state index in [2.05, 4.69) is 0 Å². The number of methoxy groups -OCH3 is 3. The number of benzene rings is 2. The number of carbonyl (C=O) groups is 2. The molecule has 0 spiro atoms. The predicted molar refractivity (Wildman–Crippen MR) is 148 cm³/mol. The summed E-state index contributed by atoms with van der Waals surface area (Å²) in [5.41, 5.74) is 2.58. The fourth-order valence-electron chi connectivity index (χ4n) is 4.26. The highest BCUT2D eigenvalue weighted by Gasteiger charge is 2.25. The molecule has 0 saturated heterocycles. The van der Waals surface area contributed by atoms with Crippen LogP contribution in [0.25, 0.3) is 0 Å². The van der Waals surface area contributed by atoms with Gasteiger partial charge in [-0.3, -0.25) is 9.59 Å². The van der Waals surface area contributed by atoms with Crippen LogP contribution in [0.15, 0.2) is 47.8 Å². The molecule has 39 heavy (non-hydrogen) atoms. The molecule has 1 aliphatic rings. The molecule has 1 aliphatic heterocycles. The highest BCUT2D eigenvalue weighted by atomic mass is 32.1. The summed E-state index contributed by atoms with van der Waals surface area (Å²) < 4.78 is 26.8. The van der Waals surface area contributed by atoms with Crippen molar-refractivity contribution in [2.45, 2.75) is 19.9 Å². The van der Waals surface area contributed by atoms with E-state index in [9.17, 15) is 9.59 Å². The van der Waals surface area contributed by atoms with Crippen LogP contribution in [0.5, 0.6) is 23.0 Å². The molecule has 10 heteroatoms. The smallest absolute Gasteiger partial charge is 0.254 e. The molecule has 0 fully saturated rings. The van der Waals surface area contributed by atoms with E-state index in [4.69, 9.17) is 23.7 Å². The number of nitrogens with zero attached hydrogens (tertiary/aromatic N) is 2. The first-order valence-electron chi connectivity index (χ1n) is 12.6. The second kappa shape index (κ2) is 13.3. The molecule has 208 valence electrons. The van der Waals surface area contributed by atoms with Crippen molar-refractivity contribution in [3.63, 3.8) is 0 Å². The van der Waals surface area contributed by atoms with E-state index in [0.29, 0.717) is 54.7 Å². The summed E-state index contributed by atoms with van der Waals surface area (Å²) in [6.07, 6.45) is 0.616. The number of aryl methyl sites for hydroxylation is 1. The maximum absolute atomic E-state index is 13.7. The Bertz CT molecular complexity index is 1290. The average molecular weight is 555 g/mol. The summed E-state index contributed by atoms with van der Waals surface area (Å²) in [4.78, 5) is 31.6. The number of amides is 2. The van der Waals surface area contributed by atoms with Gasteiger partial charge in [-0.05, 0) is 66.2 Å². The maximum atomic E-state index is 13.7. The third kappa shape index (κ3) is 7.01. The normalized spacial score (nSPS) is 11.8. The number of thiophene rings is 1. The number of carbonyl (C=O) groups excluding carboxylic acids is 2. The van der Waals surface area contributed by atoms with E-state index in [1.807, 2.05) is 41.5 Å². The van der Waals surface area contributed by atoms with Crippen molar-refractivity contribution in [2.75, 3.05) is 54.4 Å². The molecule has 2 amide bonds. The summed E-state index contributed by atoms with van der Waals surface area (Å²) in [6.45, 7) is 3.60. The van der Waals surface area contributed by atoms with Gasteiger partial charge in [0.1, 0.15) is 6.54 Å². The van der Waals surface area contributed by atoms with Crippen LogP contribution >= 0.6 is 11.3 Å². The Morgan fingerprint density at radius 1 is 0.923 bits per heavy atom. The van der Waals surface area contributed by atoms with E-state index in [0.717, 1.165) is 16.0 Å². The lowest BCUT2D eigenvalue weighted by Crippen LogP contribution is -2.44. The molecule has 0 bridgehead atoms. The fraction of sp³-hybridized carbons (Fsp3) is 0.379. The molecule has 9 nitrogen and oxygen atoms in total. The first-order chi connectivity index (χ1) is 18.9. The molecule has 0 unspecified atom stereocenters. The first kappa shape index (κ1) is 28.3. The number of fused-ring (bicyclic) bond motifs is 1. The molecule has 0 aliphatic carbocycles. The first-order valence-corrected chi connectivity index (χ1v) is 13.5. The topological polar surface area (TPSA) is 86.8 Å². The monoisotopic (exact) mass is 554 g/mol. The van der Waals surface area contributed by atoms with Crippen LogP contribution in [0.2, 0.25) is 0 Å². The van der Waals surface area contributed by atoms with Crippen molar-refractivity contribution in [3.8, 4) is 23.0 Å². The van der Waals surface area contributed by atoms with Gasteiger partial charge in [-0.2, -0.15) is 0 Å². The number of ether oxygens (including phenoxy) is 5. The molecular formula is C29H34N2O7S. The molecular weight excluding hydrogens is 520 g/mol. The lowest BCUT2D eigenvalue weighted by molar-refractivity contribution is -0.132. The minimum Gasteiger partial charge on any atom is -0.493 e. The quantitative estimate of drug-likeness (QED) is 0.314. The predicted octanol–water partition coefficient (Wildman–Crippen LogP) is 4.16. The molecule has 0 saturated carbocycles. The van der Waals surface area contributed by atoms with Gasteiger partial charge in [-0.25, -0.2) is 0 Å². The van der Waals surface area contributed by atoms with Crippen LogP contribution in [0.3, 0.4) is 0 Å². The SMILES string of the molecule is COCCN(CC(=O)N(CCc1ccc(OC)c(OC)c1)Cc1sccc1C)C(=O)c1ccc2c(c1)OCO2. The Hall–Kier alpha value is -3.76. The number of rotatable bonds is 13. The van der Waals surface area contributed by atoms with Gasteiger partial charge >= 0.3 is 0 Å². The van der Waals surface area contributed by atoms with Crippen molar-refractivity contribution >= 4 is 23.2 Å². The van der Waals surface area contributed by atoms with Crippen LogP contribution in [0.4, 0.5) is 0 Å². The van der Waals surface area contributed by atoms with E-state index in [-0.39, 0.29) is 31.7 Å². The molecule has 0 radical (unpaired) electrons. The lowest BCUT2D eigenvalue weighted by Gasteiger charge is -2.28. The van der Waals surface area contributed by atoms with Crippen LogP contribution in [0.1, 0.15) is 26.4 Å². The second-order valence-electron chi connectivity index (χ2n) is 9.07. The zero-order valence-corrected chi connectivity index (χ0v) is 23.5. The zero-order chi connectivity index (χ0) is 27.8. The van der Waals surface area contributed by atoms with Gasteiger partial charge in [0, 0.05) is 30.6 Å².